The first-order valence-corrected chi connectivity index (χ1v) is 15.8. The molecule has 3 nitrogen and oxygen atoms in total. The van der Waals surface area contributed by atoms with Crippen molar-refractivity contribution in [1.29, 1.82) is 0 Å². The van der Waals surface area contributed by atoms with Gasteiger partial charge in [0.25, 0.3) is 0 Å². The molecule has 0 N–H and O–H groups in total. The number of hydrogen-bond donors (Lipinski definition) is 0. The molecule has 0 amide bonds. The molecule has 0 aliphatic rings. The van der Waals surface area contributed by atoms with E-state index in [1.54, 1.807) is 18.2 Å². The molecule has 48 heavy (non-hydrogen) atoms. The molecule has 0 bridgehead atoms. The summed E-state index contributed by atoms with van der Waals surface area (Å²) in [4.78, 5) is 4.18. The second-order valence-electron chi connectivity index (χ2n) is 12.7. The van der Waals surface area contributed by atoms with Crippen LogP contribution in [0.15, 0.2) is 109 Å². The van der Waals surface area contributed by atoms with Crippen molar-refractivity contribution >= 4 is 49.3 Å². The number of halogens is 3. The maximum absolute atomic E-state index is 14.6. The Morgan fingerprint density at radius 1 is 0.521 bits per heavy atom. The van der Waals surface area contributed by atoms with Crippen LogP contribution in [-0.4, -0.2) is 9.13 Å². The number of aromatic nitrogens is 2. The lowest BCUT2D eigenvalue weighted by Gasteiger charge is -2.22. The fourth-order valence-electron chi connectivity index (χ4n) is 7.27. The Morgan fingerprint density at radius 3 is 1.40 bits per heavy atom. The molecule has 8 aromatic rings. The number of hydrogen-bond acceptors (Lipinski definition) is 0. The van der Waals surface area contributed by atoms with Crippen molar-refractivity contribution in [3.63, 3.8) is 0 Å². The van der Waals surface area contributed by atoms with Gasteiger partial charge in [-0.05, 0) is 99.5 Å². The standard InChI is InChI=1S/C42H30F3N3/c1-24-10-15-35-30(20-24)31-21-25(2)11-16-36(31)47(35)39-19-14-29(28-8-6-7-9-34(28)42(43,44)45)41(40(39)46-5)48-37-17-12-26(3)22-32(37)33-23-27(4)13-18-38(33)48/h6-23H,1-4H3. The minimum absolute atomic E-state index is 0.0270. The van der Waals surface area contributed by atoms with Gasteiger partial charge in [-0.15, -0.1) is 0 Å². The van der Waals surface area contributed by atoms with Crippen molar-refractivity contribution in [3.8, 4) is 22.5 Å². The van der Waals surface area contributed by atoms with Crippen molar-refractivity contribution in [2.45, 2.75) is 33.9 Å². The lowest BCUT2D eigenvalue weighted by atomic mass is 9.96. The maximum atomic E-state index is 14.6. The number of alkyl halides is 3. The Bertz CT molecular complexity index is 2540. The van der Waals surface area contributed by atoms with Gasteiger partial charge in [0.05, 0.1) is 45.6 Å². The van der Waals surface area contributed by atoms with Crippen molar-refractivity contribution < 1.29 is 13.2 Å². The first kappa shape index (κ1) is 29.6. The topological polar surface area (TPSA) is 14.2 Å². The van der Waals surface area contributed by atoms with Gasteiger partial charge >= 0.3 is 6.18 Å². The van der Waals surface area contributed by atoms with Crippen molar-refractivity contribution in [1.82, 2.24) is 9.13 Å². The molecule has 0 aliphatic heterocycles. The molecule has 0 atom stereocenters. The Hall–Kier alpha value is -5.80. The maximum Gasteiger partial charge on any atom is 0.417 e. The minimum Gasteiger partial charge on any atom is -0.319 e. The predicted molar refractivity (Wildman–Crippen MR) is 191 cm³/mol. The normalized spacial score (nSPS) is 12.0. The quantitative estimate of drug-likeness (QED) is 0.172. The molecule has 0 spiro atoms. The molecule has 2 heterocycles. The van der Waals surface area contributed by atoms with Crippen molar-refractivity contribution in [2.24, 2.45) is 0 Å². The zero-order valence-electron chi connectivity index (χ0n) is 26.9. The fraction of sp³-hybridized carbons (Fsp3) is 0.119. The van der Waals surface area contributed by atoms with E-state index in [9.17, 15) is 13.2 Å². The number of benzene rings is 6. The minimum atomic E-state index is -4.59. The second kappa shape index (κ2) is 10.6. The third kappa shape index (κ3) is 4.42. The highest BCUT2D eigenvalue weighted by Crippen LogP contribution is 2.48. The summed E-state index contributed by atoms with van der Waals surface area (Å²) in [6, 6.07) is 34.0. The SMILES string of the molecule is [C-]#[N+]c1c(-n2c3ccc(C)cc3c3cc(C)ccc32)ccc(-c2ccccc2C(F)(F)F)c1-n1c2ccc(C)cc2c2cc(C)ccc21. The second-order valence-corrected chi connectivity index (χ2v) is 12.7. The number of rotatable bonds is 3. The van der Waals surface area contributed by atoms with Gasteiger partial charge in [-0.3, -0.25) is 0 Å². The summed E-state index contributed by atoms with van der Waals surface area (Å²) in [7, 11) is 0. The molecule has 0 saturated carbocycles. The first-order chi connectivity index (χ1) is 23.0. The van der Waals surface area contributed by atoms with Crippen LogP contribution >= 0.6 is 0 Å². The third-order valence-corrected chi connectivity index (χ3v) is 9.38. The number of fused-ring (bicyclic) bond motifs is 6. The molecule has 6 aromatic carbocycles. The van der Waals surface area contributed by atoms with E-state index in [1.807, 2.05) is 42.7 Å². The van der Waals surface area contributed by atoms with Crippen molar-refractivity contribution in [2.75, 3.05) is 0 Å². The molecule has 8 rings (SSSR count). The summed E-state index contributed by atoms with van der Waals surface area (Å²) < 4.78 is 48.0. The van der Waals surface area contributed by atoms with E-state index in [-0.39, 0.29) is 11.3 Å². The highest BCUT2D eigenvalue weighted by Gasteiger charge is 2.35. The highest BCUT2D eigenvalue weighted by molar-refractivity contribution is 6.13. The van der Waals surface area contributed by atoms with Gasteiger partial charge in [0.1, 0.15) is 0 Å². The van der Waals surface area contributed by atoms with E-state index < -0.39 is 11.7 Å². The molecule has 2 aromatic heterocycles. The van der Waals surface area contributed by atoms with Crippen LogP contribution in [0.5, 0.6) is 0 Å². The average molecular weight is 634 g/mol. The van der Waals surface area contributed by atoms with Gasteiger partial charge in [0.2, 0.25) is 5.69 Å². The summed E-state index contributed by atoms with van der Waals surface area (Å²) in [6.45, 7) is 16.9. The Kier molecular flexibility index (Phi) is 6.54. The third-order valence-electron chi connectivity index (χ3n) is 9.38. The van der Waals surface area contributed by atoms with Gasteiger partial charge < -0.3 is 9.13 Å². The van der Waals surface area contributed by atoms with E-state index >= 15 is 0 Å². The van der Waals surface area contributed by atoms with Crippen LogP contribution in [0.3, 0.4) is 0 Å². The fourth-order valence-corrected chi connectivity index (χ4v) is 7.27. The molecule has 0 radical (unpaired) electrons. The van der Waals surface area contributed by atoms with Crippen LogP contribution in [-0.2, 0) is 6.18 Å². The average Bonchev–Trinajstić information content (AvgIpc) is 3.54. The molecular weight excluding hydrogens is 603 g/mol. The van der Waals surface area contributed by atoms with Gasteiger partial charge in [-0.2, -0.15) is 13.2 Å². The van der Waals surface area contributed by atoms with Gasteiger partial charge in [0.15, 0.2) is 0 Å². The lowest BCUT2D eigenvalue weighted by molar-refractivity contribution is -0.137. The largest absolute Gasteiger partial charge is 0.417 e. The molecule has 6 heteroatoms. The van der Waals surface area contributed by atoms with Crippen LogP contribution in [0.1, 0.15) is 27.8 Å². The summed E-state index contributed by atoms with van der Waals surface area (Å²) in [6.07, 6.45) is -4.59. The number of aryl methyl sites for hydroxylation is 4. The van der Waals surface area contributed by atoms with E-state index in [0.29, 0.717) is 16.9 Å². The summed E-state index contributed by atoms with van der Waals surface area (Å²) in [5.74, 6) is 0. The predicted octanol–water partition coefficient (Wildman–Crippen LogP) is 12.4. The molecule has 234 valence electrons. The number of nitrogens with zero attached hydrogens (tertiary/aromatic N) is 3. The van der Waals surface area contributed by atoms with Crippen molar-refractivity contribution in [3.05, 3.63) is 148 Å². The van der Waals surface area contributed by atoms with E-state index in [1.165, 1.54) is 12.1 Å². The monoisotopic (exact) mass is 633 g/mol. The van der Waals surface area contributed by atoms with E-state index in [0.717, 1.165) is 71.9 Å². The Labute approximate surface area is 275 Å². The van der Waals surface area contributed by atoms with Gasteiger partial charge in [-0.25, -0.2) is 4.85 Å². The zero-order valence-corrected chi connectivity index (χ0v) is 26.9. The molecule has 0 aliphatic carbocycles. The molecular formula is C42H30F3N3. The molecule has 0 saturated heterocycles. The highest BCUT2D eigenvalue weighted by atomic mass is 19.4. The Balaban J connectivity index is 1.59. The smallest absolute Gasteiger partial charge is 0.319 e. The first-order valence-electron chi connectivity index (χ1n) is 15.8. The van der Waals surface area contributed by atoms with Crippen LogP contribution < -0.4 is 0 Å². The summed E-state index contributed by atoms with van der Waals surface area (Å²) in [5.41, 5.74) is 8.78. The van der Waals surface area contributed by atoms with E-state index in [4.69, 9.17) is 6.57 Å². The zero-order chi connectivity index (χ0) is 33.5. The summed E-state index contributed by atoms with van der Waals surface area (Å²) >= 11 is 0. The van der Waals surface area contributed by atoms with Crippen LogP contribution in [0.2, 0.25) is 0 Å². The van der Waals surface area contributed by atoms with Crippen LogP contribution in [0, 0.1) is 34.3 Å². The van der Waals surface area contributed by atoms with Crippen LogP contribution in [0.25, 0.3) is 71.0 Å². The summed E-state index contributed by atoms with van der Waals surface area (Å²) in [5, 5.41) is 4.07. The molecule has 0 fully saturated rings. The molecule has 0 unspecified atom stereocenters. The van der Waals surface area contributed by atoms with Gasteiger partial charge in [-0.1, -0.05) is 70.8 Å². The van der Waals surface area contributed by atoms with E-state index in [2.05, 4.69) is 71.8 Å². The van der Waals surface area contributed by atoms with Crippen LogP contribution in [0.4, 0.5) is 18.9 Å². The lowest BCUT2D eigenvalue weighted by Crippen LogP contribution is -2.09. The van der Waals surface area contributed by atoms with Gasteiger partial charge in [0, 0.05) is 21.5 Å². The Morgan fingerprint density at radius 2 is 0.958 bits per heavy atom.